The van der Waals surface area contributed by atoms with Crippen molar-refractivity contribution in [2.45, 2.75) is 6.92 Å². The molecule has 0 atom stereocenters. The Morgan fingerprint density at radius 3 is 2.84 bits per heavy atom. The Balaban J connectivity index is 2.42. The van der Waals surface area contributed by atoms with Gasteiger partial charge in [-0.05, 0) is 37.3 Å². The summed E-state index contributed by atoms with van der Waals surface area (Å²) in [6.07, 6.45) is 0. The van der Waals surface area contributed by atoms with E-state index in [-0.39, 0.29) is 10.5 Å². The maximum atomic E-state index is 13.8. The van der Waals surface area contributed by atoms with E-state index in [1.165, 1.54) is 6.07 Å². The van der Waals surface area contributed by atoms with Gasteiger partial charge in [0, 0.05) is 16.8 Å². The zero-order valence-corrected chi connectivity index (χ0v) is 11.1. The molecule has 0 saturated carbocycles. The smallest absolute Gasteiger partial charge is 0.201 e. The van der Waals surface area contributed by atoms with Crippen LogP contribution in [-0.4, -0.2) is 6.61 Å². The minimum atomic E-state index is -0.359. The Morgan fingerprint density at radius 1 is 1.21 bits per heavy atom. The summed E-state index contributed by atoms with van der Waals surface area (Å²) in [4.78, 5) is 0. The summed E-state index contributed by atoms with van der Waals surface area (Å²) in [7, 11) is 0. The highest BCUT2D eigenvalue weighted by Crippen LogP contribution is 2.30. The normalized spacial score (nSPS) is 11.1. The quantitative estimate of drug-likeness (QED) is 0.492. The Morgan fingerprint density at radius 2 is 2.05 bits per heavy atom. The molecule has 1 heterocycles. The van der Waals surface area contributed by atoms with E-state index in [0.717, 1.165) is 10.8 Å². The molecular weight excluding hydrogens is 263 g/mol. The van der Waals surface area contributed by atoms with Crippen LogP contribution < -0.4 is 4.74 Å². The number of ether oxygens (including phenoxy) is 1. The fourth-order valence-electron chi connectivity index (χ4n) is 2.17. The molecule has 0 unspecified atom stereocenters. The van der Waals surface area contributed by atoms with E-state index in [0.29, 0.717) is 23.3 Å². The van der Waals surface area contributed by atoms with Crippen molar-refractivity contribution in [1.82, 2.24) is 0 Å². The summed E-state index contributed by atoms with van der Waals surface area (Å²) in [6, 6.07) is 10.4. The SMILES string of the molecule is CCOc1ccc2c(c1)oc(=S)c1c(F)cccc12. The highest BCUT2D eigenvalue weighted by atomic mass is 32.1. The molecule has 0 bridgehead atoms. The van der Waals surface area contributed by atoms with Gasteiger partial charge in [0.1, 0.15) is 17.1 Å². The molecule has 1 aromatic heterocycles. The van der Waals surface area contributed by atoms with E-state index < -0.39 is 0 Å². The van der Waals surface area contributed by atoms with Gasteiger partial charge in [0.2, 0.25) is 4.71 Å². The molecule has 2 nitrogen and oxygen atoms in total. The van der Waals surface area contributed by atoms with Crippen molar-refractivity contribution in [3.63, 3.8) is 0 Å². The van der Waals surface area contributed by atoms with Crippen LogP contribution in [-0.2, 0) is 0 Å². The zero-order chi connectivity index (χ0) is 13.4. The molecule has 96 valence electrons. The number of hydrogen-bond acceptors (Lipinski definition) is 3. The van der Waals surface area contributed by atoms with Crippen molar-refractivity contribution in [1.29, 1.82) is 0 Å². The average molecular weight is 274 g/mol. The lowest BCUT2D eigenvalue weighted by Crippen LogP contribution is -1.91. The van der Waals surface area contributed by atoms with Crippen LogP contribution in [0.3, 0.4) is 0 Å². The lowest BCUT2D eigenvalue weighted by atomic mass is 10.1. The molecule has 0 saturated heterocycles. The number of rotatable bonds is 2. The van der Waals surface area contributed by atoms with Gasteiger partial charge in [0.05, 0.1) is 12.0 Å². The van der Waals surface area contributed by atoms with Crippen LogP contribution >= 0.6 is 12.2 Å². The second-order valence-electron chi connectivity index (χ2n) is 4.14. The van der Waals surface area contributed by atoms with Gasteiger partial charge in [0.25, 0.3) is 0 Å². The van der Waals surface area contributed by atoms with Gasteiger partial charge in [0.15, 0.2) is 0 Å². The topological polar surface area (TPSA) is 22.4 Å². The molecule has 2 aromatic carbocycles. The summed E-state index contributed by atoms with van der Waals surface area (Å²) in [6.45, 7) is 2.49. The summed E-state index contributed by atoms with van der Waals surface area (Å²) in [5.41, 5.74) is 0.606. The highest BCUT2D eigenvalue weighted by molar-refractivity contribution is 7.71. The van der Waals surface area contributed by atoms with E-state index in [4.69, 9.17) is 21.4 Å². The third-order valence-electron chi connectivity index (χ3n) is 2.97. The first kappa shape index (κ1) is 12.1. The van der Waals surface area contributed by atoms with Gasteiger partial charge in [-0.1, -0.05) is 12.1 Å². The first-order valence-electron chi connectivity index (χ1n) is 5.98. The fraction of sp³-hybridized carbons (Fsp3) is 0.133. The van der Waals surface area contributed by atoms with E-state index in [9.17, 15) is 4.39 Å². The standard InChI is InChI=1S/C15H11FO2S/c1-2-17-9-6-7-10-11-4-3-5-12(16)14(11)15(19)18-13(10)8-9/h3-8H,2H2,1H3. The summed E-state index contributed by atoms with van der Waals surface area (Å²) >= 11 is 5.13. The Labute approximate surface area is 114 Å². The molecule has 3 aromatic rings. The molecular formula is C15H11FO2S. The van der Waals surface area contributed by atoms with Crippen molar-refractivity contribution in [2.24, 2.45) is 0 Å². The third kappa shape index (κ3) is 1.98. The Hall–Kier alpha value is -1.94. The predicted molar refractivity (Wildman–Crippen MR) is 75.7 cm³/mol. The van der Waals surface area contributed by atoms with Crippen LogP contribution in [0.4, 0.5) is 4.39 Å². The molecule has 0 aliphatic heterocycles. The van der Waals surface area contributed by atoms with Gasteiger partial charge in [-0.15, -0.1) is 0 Å². The van der Waals surface area contributed by atoms with Crippen molar-refractivity contribution in [3.05, 3.63) is 46.9 Å². The van der Waals surface area contributed by atoms with Crippen molar-refractivity contribution in [2.75, 3.05) is 6.61 Å². The van der Waals surface area contributed by atoms with Crippen molar-refractivity contribution in [3.8, 4) is 5.75 Å². The molecule has 3 rings (SSSR count). The minimum absolute atomic E-state index is 0.161. The van der Waals surface area contributed by atoms with E-state index in [1.54, 1.807) is 12.1 Å². The van der Waals surface area contributed by atoms with Gasteiger partial charge in [-0.2, -0.15) is 0 Å². The maximum Gasteiger partial charge on any atom is 0.201 e. The molecule has 19 heavy (non-hydrogen) atoms. The molecule has 0 aliphatic rings. The van der Waals surface area contributed by atoms with Crippen LogP contribution in [0.25, 0.3) is 21.7 Å². The summed E-state index contributed by atoms with van der Waals surface area (Å²) in [5.74, 6) is 0.353. The third-order valence-corrected chi connectivity index (χ3v) is 3.26. The molecule has 4 heteroatoms. The predicted octanol–water partition coefficient (Wildman–Crippen LogP) is 4.85. The largest absolute Gasteiger partial charge is 0.494 e. The monoisotopic (exact) mass is 274 g/mol. The first-order valence-corrected chi connectivity index (χ1v) is 6.39. The van der Waals surface area contributed by atoms with E-state index >= 15 is 0 Å². The number of halogens is 1. The van der Waals surface area contributed by atoms with Gasteiger partial charge in [-0.3, -0.25) is 0 Å². The molecule has 0 N–H and O–H groups in total. The maximum absolute atomic E-state index is 13.8. The van der Waals surface area contributed by atoms with Crippen molar-refractivity contribution >= 4 is 34.0 Å². The van der Waals surface area contributed by atoms with Crippen molar-refractivity contribution < 1.29 is 13.5 Å². The van der Waals surface area contributed by atoms with Crippen LogP contribution in [0.5, 0.6) is 5.75 Å². The molecule has 0 radical (unpaired) electrons. The second kappa shape index (κ2) is 4.63. The zero-order valence-electron chi connectivity index (χ0n) is 10.3. The van der Waals surface area contributed by atoms with Crippen LogP contribution in [0.15, 0.2) is 40.8 Å². The Kier molecular flexibility index (Phi) is 2.95. The van der Waals surface area contributed by atoms with Gasteiger partial charge < -0.3 is 9.15 Å². The minimum Gasteiger partial charge on any atom is -0.494 e. The number of fused-ring (bicyclic) bond motifs is 3. The lowest BCUT2D eigenvalue weighted by molar-refractivity contribution is 0.340. The van der Waals surface area contributed by atoms with E-state index in [1.807, 2.05) is 25.1 Å². The Bertz CT molecular complexity index is 823. The molecule has 0 spiro atoms. The molecule has 0 fully saturated rings. The fourth-order valence-corrected chi connectivity index (χ4v) is 2.47. The number of benzene rings is 2. The van der Waals surface area contributed by atoms with Crippen LogP contribution in [0.2, 0.25) is 0 Å². The number of hydrogen-bond donors (Lipinski definition) is 0. The molecule has 0 amide bonds. The van der Waals surface area contributed by atoms with Gasteiger partial charge in [-0.25, -0.2) is 4.39 Å². The lowest BCUT2D eigenvalue weighted by Gasteiger charge is -2.07. The van der Waals surface area contributed by atoms with Crippen LogP contribution in [0, 0.1) is 10.5 Å². The molecule has 0 aliphatic carbocycles. The second-order valence-corrected chi connectivity index (χ2v) is 4.51. The first-order chi connectivity index (χ1) is 9.20. The van der Waals surface area contributed by atoms with Gasteiger partial charge >= 0.3 is 0 Å². The highest BCUT2D eigenvalue weighted by Gasteiger charge is 2.09. The summed E-state index contributed by atoms with van der Waals surface area (Å²) in [5, 5.41) is 1.94. The van der Waals surface area contributed by atoms with Crippen LogP contribution in [0.1, 0.15) is 6.92 Å². The summed E-state index contributed by atoms with van der Waals surface area (Å²) < 4.78 is 24.9. The van der Waals surface area contributed by atoms with E-state index in [2.05, 4.69) is 0 Å². The average Bonchev–Trinajstić information content (AvgIpc) is 2.39.